The Labute approximate surface area is 139 Å². The molecule has 0 fully saturated rings. The summed E-state index contributed by atoms with van der Waals surface area (Å²) in [5.41, 5.74) is 1.78. The first kappa shape index (κ1) is 14.7. The van der Waals surface area contributed by atoms with Crippen LogP contribution in [0, 0.1) is 6.92 Å². The number of aryl methyl sites for hydroxylation is 1. The van der Waals surface area contributed by atoms with Crippen LogP contribution < -0.4 is 4.74 Å². The number of rotatable bonds is 4. The number of hydrogen-bond donors (Lipinski definition) is 0. The maximum absolute atomic E-state index is 5.97. The fourth-order valence-corrected chi connectivity index (χ4v) is 2.61. The van der Waals surface area contributed by atoms with Crippen LogP contribution in [0.2, 0.25) is 0 Å². The number of furan rings is 1. The van der Waals surface area contributed by atoms with E-state index in [0.717, 1.165) is 22.4 Å². The maximum atomic E-state index is 5.97. The van der Waals surface area contributed by atoms with Crippen LogP contribution in [0.5, 0.6) is 5.88 Å². The SMILES string of the molecule is Cc1nc2nc(C(C)C)cc(OCc3cc4ccccc4o3)n2n1. The van der Waals surface area contributed by atoms with Gasteiger partial charge in [-0.3, -0.25) is 0 Å². The molecule has 0 spiro atoms. The third-order valence-corrected chi connectivity index (χ3v) is 3.84. The van der Waals surface area contributed by atoms with E-state index >= 15 is 0 Å². The van der Waals surface area contributed by atoms with Crippen LogP contribution in [0.15, 0.2) is 40.8 Å². The minimum Gasteiger partial charge on any atom is -0.469 e. The zero-order valence-electron chi connectivity index (χ0n) is 13.9. The van der Waals surface area contributed by atoms with Crippen molar-refractivity contribution in [2.24, 2.45) is 0 Å². The first-order valence-corrected chi connectivity index (χ1v) is 7.95. The summed E-state index contributed by atoms with van der Waals surface area (Å²) in [6, 6.07) is 11.8. The predicted molar refractivity (Wildman–Crippen MR) is 90.2 cm³/mol. The van der Waals surface area contributed by atoms with Crippen LogP contribution in [-0.2, 0) is 6.61 Å². The molecule has 0 saturated carbocycles. The van der Waals surface area contributed by atoms with Gasteiger partial charge in [-0.25, -0.2) is 4.98 Å². The lowest BCUT2D eigenvalue weighted by Crippen LogP contribution is -2.05. The van der Waals surface area contributed by atoms with E-state index < -0.39 is 0 Å². The van der Waals surface area contributed by atoms with Gasteiger partial charge in [-0.05, 0) is 25.0 Å². The molecule has 6 heteroatoms. The fourth-order valence-electron chi connectivity index (χ4n) is 2.61. The Balaban J connectivity index is 1.67. The highest BCUT2D eigenvalue weighted by Gasteiger charge is 2.13. The highest BCUT2D eigenvalue weighted by atomic mass is 16.5. The van der Waals surface area contributed by atoms with E-state index in [4.69, 9.17) is 9.15 Å². The second kappa shape index (κ2) is 5.63. The van der Waals surface area contributed by atoms with E-state index in [9.17, 15) is 0 Å². The Morgan fingerprint density at radius 2 is 2.00 bits per heavy atom. The molecule has 0 aliphatic heterocycles. The average molecular weight is 322 g/mol. The van der Waals surface area contributed by atoms with Crippen molar-refractivity contribution in [1.82, 2.24) is 19.6 Å². The lowest BCUT2D eigenvalue weighted by Gasteiger charge is -2.09. The highest BCUT2D eigenvalue weighted by Crippen LogP contribution is 2.23. The van der Waals surface area contributed by atoms with Gasteiger partial charge in [0, 0.05) is 11.5 Å². The Morgan fingerprint density at radius 3 is 2.79 bits per heavy atom. The lowest BCUT2D eigenvalue weighted by atomic mass is 10.1. The molecule has 0 radical (unpaired) electrons. The van der Waals surface area contributed by atoms with E-state index in [0.29, 0.717) is 24.1 Å². The summed E-state index contributed by atoms with van der Waals surface area (Å²) in [6.07, 6.45) is 0. The Morgan fingerprint density at radius 1 is 1.17 bits per heavy atom. The monoisotopic (exact) mass is 322 g/mol. The molecular formula is C18H18N4O2. The normalized spacial score (nSPS) is 11.7. The molecule has 0 atom stereocenters. The van der Waals surface area contributed by atoms with E-state index in [1.54, 1.807) is 4.52 Å². The lowest BCUT2D eigenvalue weighted by molar-refractivity contribution is 0.257. The van der Waals surface area contributed by atoms with Crippen molar-refractivity contribution >= 4 is 16.7 Å². The van der Waals surface area contributed by atoms with Crippen LogP contribution in [0.3, 0.4) is 0 Å². The number of ether oxygens (including phenoxy) is 1. The summed E-state index contributed by atoms with van der Waals surface area (Å²) in [7, 11) is 0. The molecule has 3 heterocycles. The maximum Gasteiger partial charge on any atom is 0.255 e. The zero-order chi connectivity index (χ0) is 16.7. The molecule has 0 aliphatic rings. The number of fused-ring (bicyclic) bond motifs is 2. The standard InChI is InChI=1S/C18H18N4O2/c1-11(2)15-9-17(22-18(20-15)19-12(3)21-22)23-10-14-8-13-6-4-5-7-16(13)24-14/h4-9,11H,10H2,1-3H3. The van der Waals surface area contributed by atoms with Crippen molar-refractivity contribution in [3.8, 4) is 5.88 Å². The van der Waals surface area contributed by atoms with Crippen molar-refractivity contribution in [2.45, 2.75) is 33.3 Å². The van der Waals surface area contributed by atoms with Gasteiger partial charge in [0.2, 0.25) is 5.88 Å². The van der Waals surface area contributed by atoms with Gasteiger partial charge < -0.3 is 9.15 Å². The second-order valence-electron chi connectivity index (χ2n) is 6.08. The smallest absolute Gasteiger partial charge is 0.255 e. The Kier molecular flexibility index (Phi) is 3.45. The minimum atomic E-state index is 0.278. The van der Waals surface area contributed by atoms with Gasteiger partial charge in [0.05, 0.1) is 5.69 Å². The number of aromatic nitrogens is 4. The molecule has 0 N–H and O–H groups in total. The number of nitrogens with zero attached hydrogens (tertiary/aromatic N) is 4. The summed E-state index contributed by atoms with van der Waals surface area (Å²) in [5, 5.41) is 5.42. The van der Waals surface area contributed by atoms with Crippen LogP contribution in [0.25, 0.3) is 16.7 Å². The van der Waals surface area contributed by atoms with Crippen molar-refractivity contribution in [2.75, 3.05) is 0 Å². The van der Waals surface area contributed by atoms with Gasteiger partial charge >= 0.3 is 0 Å². The predicted octanol–water partition coefficient (Wildman–Crippen LogP) is 3.88. The van der Waals surface area contributed by atoms with Gasteiger partial charge in [0.15, 0.2) is 0 Å². The molecule has 24 heavy (non-hydrogen) atoms. The van der Waals surface area contributed by atoms with Crippen LogP contribution in [-0.4, -0.2) is 19.6 Å². The molecule has 4 aromatic rings. The largest absolute Gasteiger partial charge is 0.469 e. The number of benzene rings is 1. The third kappa shape index (κ3) is 2.60. The molecule has 0 amide bonds. The molecule has 6 nitrogen and oxygen atoms in total. The average Bonchev–Trinajstić information content (AvgIpc) is 3.13. The third-order valence-electron chi connectivity index (χ3n) is 3.84. The minimum absolute atomic E-state index is 0.278. The van der Waals surface area contributed by atoms with Gasteiger partial charge in [0.1, 0.15) is 23.8 Å². The van der Waals surface area contributed by atoms with Crippen molar-refractivity contribution in [1.29, 1.82) is 0 Å². The van der Waals surface area contributed by atoms with Gasteiger partial charge in [-0.1, -0.05) is 32.0 Å². The summed E-state index contributed by atoms with van der Waals surface area (Å²) in [5.74, 6) is 2.88. The molecule has 122 valence electrons. The molecular weight excluding hydrogens is 304 g/mol. The number of hydrogen-bond acceptors (Lipinski definition) is 5. The van der Waals surface area contributed by atoms with Gasteiger partial charge in [-0.2, -0.15) is 9.50 Å². The van der Waals surface area contributed by atoms with E-state index in [1.807, 2.05) is 43.3 Å². The fraction of sp³-hybridized carbons (Fsp3) is 0.278. The van der Waals surface area contributed by atoms with Gasteiger partial charge in [-0.15, -0.1) is 5.10 Å². The summed E-state index contributed by atoms with van der Waals surface area (Å²) < 4.78 is 13.4. The topological polar surface area (TPSA) is 65.5 Å². The molecule has 0 saturated heterocycles. The van der Waals surface area contributed by atoms with Crippen LogP contribution in [0.4, 0.5) is 0 Å². The first-order valence-electron chi connectivity index (χ1n) is 7.95. The van der Waals surface area contributed by atoms with Crippen molar-refractivity contribution in [3.63, 3.8) is 0 Å². The first-order chi connectivity index (χ1) is 11.6. The highest BCUT2D eigenvalue weighted by molar-refractivity contribution is 5.77. The van der Waals surface area contributed by atoms with E-state index in [-0.39, 0.29) is 5.92 Å². The molecule has 0 unspecified atom stereocenters. The van der Waals surface area contributed by atoms with Crippen molar-refractivity contribution in [3.05, 3.63) is 53.7 Å². The summed E-state index contributed by atoms with van der Waals surface area (Å²) >= 11 is 0. The molecule has 3 aromatic heterocycles. The Hall–Kier alpha value is -2.89. The zero-order valence-corrected chi connectivity index (χ0v) is 13.9. The van der Waals surface area contributed by atoms with Crippen molar-refractivity contribution < 1.29 is 9.15 Å². The molecule has 0 aliphatic carbocycles. The van der Waals surface area contributed by atoms with E-state index in [2.05, 4.69) is 28.9 Å². The summed E-state index contributed by atoms with van der Waals surface area (Å²) in [4.78, 5) is 8.88. The summed E-state index contributed by atoms with van der Waals surface area (Å²) in [6.45, 7) is 6.34. The molecule has 4 rings (SSSR count). The Bertz CT molecular complexity index is 983. The van der Waals surface area contributed by atoms with Gasteiger partial charge in [0.25, 0.3) is 5.78 Å². The van der Waals surface area contributed by atoms with Crippen LogP contribution in [0.1, 0.15) is 37.0 Å². The number of para-hydroxylation sites is 1. The van der Waals surface area contributed by atoms with Crippen LogP contribution >= 0.6 is 0 Å². The van der Waals surface area contributed by atoms with E-state index in [1.165, 1.54) is 0 Å². The molecule has 1 aromatic carbocycles. The molecule has 0 bridgehead atoms. The second-order valence-corrected chi connectivity index (χ2v) is 6.08. The quantitative estimate of drug-likeness (QED) is 0.570.